The Morgan fingerprint density at radius 1 is 1.44 bits per heavy atom. The molecule has 1 aromatic rings. The van der Waals surface area contributed by atoms with Crippen LogP contribution >= 0.6 is 0 Å². The SMILES string of the molecule is N#CC=C(NOCC=Cc1ccccc1)C(=O)O. The van der Waals surface area contributed by atoms with E-state index in [1.54, 1.807) is 12.1 Å². The summed E-state index contributed by atoms with van der Waals surface area (Å²) in [6.07, 6.45) is 4.44. The second-order valence-electron chi connectivity index (χ2n) is 3.22. The molecule has 0 aliphatic heterocycles. The molecule has 0 fully saturated rings. The molecule has 0 aromatic heterocycles. The van der Waals surface area contributed by atoms with E-state index >= 15 is 0 Å². The average molecular weight is 244 g/mol. The van der Waals surface area contributed by atoms with Crippen LogP contribution in [0.1, 0.15) is 5.56 Å². The fraction of sp³-hybridized carbons (Fsp3) is 0.0769. The van der Waals surface area contributed by atoms with Crippen LogP contribution in [0.3, 0.4) is 0 Å². The number of nitrogens with one attached hydrogen (secondary N) is 1. The van der Waals surface area contributed by atoms with E-state index in [9.17, 15) is 4.79 Å². The van der Waals surface area contributed by atoms with Crippen molar-refractivity contribution in [1.82, 2.24) is 5.48 Å². The highest BCUT2D eigenvalue weighted by molar-refractivity contribution is 5.86. The number of allylic oxidation sites excluding steroid dienone is 1. The zero-order chi connectivity index (χ0) is 13.2. The molecule has 1 rings (SSSR count). The molecular formula is C13H12N2O3. The maximum atomic E-state index is 10.6. The smallest absolute Gasteiger partial charge is 0.355 e. The standard InChI is InChI=1S/C13H12N2O3/c14-9-8-12(13(16)17)15-18-10-4-7-11-5-2-1-3-6-11/h1-8,15H,10H2,(H,16,17). The van der Waals surface area contributed by atoms with Gasteiger partial charge in [0, 0.05) is 6.08 Å². The summed E-state index contributed by atoms with van der Waals surface area (Å²) in [4.78, 5) is 15.5. The maximum absolute atomic E-state index is 10.6. The highest BCUT2D eigenvalue weighted by Crippen LogP contribution is 2.00. The summed E-state index contributed by atoms with van der Waals surface area (Å²) >= 11 is 0. The summed E-state index contributed by atoms with van der Waals surface area (Å²) < 4.78 is 0. The van der Waals surface area contributed by atoms with Crippen molar-refractivity contribution in [2.75, 3.05) is 6.61 Å². The molecule has 2 N–H and O–H groups in total. The van der Waals surface area contributed by atoms with E-state index in [2.05, 4.69) is 5.48 Å². The van der Waals surface area contributed by atoms with Gasteiger partial charge in [0.15, 0.2) is 5.70 Å². The van der Waals surface area contributed by atoms with Crippen molar-refractivity contribution in [3.8, 4) is 6.07 Å². The molecule has 0 bridgehead atoms. The molecule has 5 nitrogen and oxygen atoms in total. The summed E-state index contributed by atoms with van der Waals surface area (Å²) in [5.41, 5.74) is 2.91. The minimum Gasteiger partial charge on any atom is -0.476 e. The van der Waals surface area contributed by atoms with Crippen LogP contribution in [0, 0.1) is 11.3 Å². The van der Waals surface area contributed by atoms with E-state index in [1.807, 2.05) is 36.4 Å². The third-order valence-electron chi connectivity index (χ3n) is 1.91. The summed E-state index contributed by atoms with van der Waals surface area (Å²) in [7, 11) is 0. The van der Waals surface area contributed by atoms with Crippen molar-refractivity contribution in [2.24, 2.45) is 0 Å². The zero-order valence-electron chi connectivity index (χ0n) is 9.54. The number of carboxylic acids is 1. The van der Waals surface area contributed by atoms with E-state index in [0.717, 1.165) is 11.6 Å². The van der Waals surface area contributed by atoms with Gasteiger partial charge in [-0.15, -0.1) is 0 Å². The molecule has 0 atom stereocenters. The van der Waals surface area contributed by atoms with Crippen LogP contribution in [-0.2, 0) is 9.63 Å². The lowest BCUT2D eigenvalue weighted by molar-refractivity contribution is -0.134. The maximum Gasteiger partial charge on any atom is 0.355 e. The van der Waals surface area contributed by atoms with E-state index in [-0.39, 0.29) is 12.3 Å². The highest BCUT2D eigenvalue weighted by Gasteiger charge is 2.05. The number of aliphatic carboxylic acids is 1. The molecule has 0 heterocycles. The fourth-order valence-corrected chi connectivity index (χ4v) is 1.12. The monoisotopic (exact) mass is 244 g/mol. The Kier molecular flexibility index (Phi) is 5.73. The molecule has 1 aromatic carbocycles. The number of nitrogens with zero attached hydrogens (tertiary/aromatic N) is 1. The lowest BCUT2D eigenvalue weighted by Crippen LogP contribution is -2.20. The molecule has 0 amide bonds. The molecular weight excluding hydrogens is 232 g/mol. The largest absolute Gasteiger partial charge is 0.476 e. The van der Waals surface area contributed by atoms with E-state index < -0.39 is 5.97 Å². The van der Waals surface area contributed by atoms with Gasteiger partial charge in [-0.3, -0.25) is 10.3 Å². The van der Waals surface area contributed by atoms with Gasteiger partial charge in [-0.2, -0.15) is 5.26 Å². The Morgan fingerprint density at radius 2 is 2.17 bits per heavy atom. The number of hydrogen-bond acceptors (Lipinski definition) is 4. The van der Waals surface area contributed by atoms with Crippen molar-refractivity contribution in [3.05, 3.63) is 53.7 Å². The van der Waals surface area contributed by atoms with Crippen LogP contribution < -0.4 is 5.48 Å². The van der Waals surface area contributed by atoms with Crippen molar-refractivity contribution in [1.29, 1.82) is 5.26 Å². The number of rotatable bonds is 6. The number of benzene rings is 1. The summed E-state index contributed by atoms with van der Waals surface area (Å²) in [6, 6.07) is 11.2. The number of hydrogen-bond donors (Lipinski definition) is 2. The van der Waals surface area contributed by atoms with Gasteiger partial charge in [0.05, 0.1) is 12.7 Å². The van der Waals surface area contributed by atoms with Crippen LogP contribution in [0.15, 0.2) is 48.2 Å². The molecule has 0 unspecified atom stereocenters. The molecule has 0 aliphatic carbocycles. The van der Waals surface area contributed by atoms with Gasteiger partial charge in [0.1, 0.15) is 0 Å². The topological polar surface area (TPSA) is 82.3 Å². The van der Waals surface area contributed by atoms with Crippen LogP contribution in [0.2, 0.25) is 0 Å². The van der Waals surface area contributed by atoms with Crippen LogP contribution in [-0.4, -0.2) is 17.7 Å². The van der Waals surface area contributed by atoms with Crippen molar-refractivity contribution >= 4 is 12.0 Å². The lowest BCUT2D eigenvalue weighted by atomic mass is 10.2. The molecule has 18 heavy (non-hydrogen) atoms. The van der Waals surface area contributed by atoms with E-state index in [0.29, 0.717) is 0 Å². The van der Waals surface area contributed by atoms with Crippen molar-refractivity contribution in [2.45, 2.75) is 0 Å². The van der Waals surface area contributed by atoms with Gasteiger partial charge in [0.2, 0.25) is 0 Å². The third kappa shape index (κ3) is 4.96. The third-order valence-corrected chi connectivity index (χ3v) is 1.91. The van der Waals surface area contributed by atoms with Gasteiger partial charge in [-0.05, 0) is 5.56 Å². The van der Waals surface area contributed by atoms with Gasteiger partial charge >= 0.3 is 5.97 Å². The molecule has 0 saturated heterocycles. The van der Waals surface area contributed by atoms with Crippen molar-refractivity contribution < 1.29 is 14.7 Å². The number of hydroxylamine groups is 1. The Labute approximate surface area is 105 Å². The number of nitriles is 1. The summed E-state index contributed by atoms with van der Waals surface area (Å²) in [6.45, 7) is 0.185. The van der Waals surface area contributed by atoms with Gasteiger partial charge < -0.3 is 5.11 Å². The van der Waals surface area contributed by atoms with Gasteiger partial charge in [0.25, 0.3) is 0 Å². The molecule has 0 spiro atoms. The van der Waals surface area contributed by atoms with Gasteiger partial charge in [-0.25, -0.2) is 4.79 Å². The Bertz CT molecular complexity index is 487. The zero-order valence-corrected chi connectivity index (χ0v) is 9.54. The molecule has 5 heteroatoms. The van der Waals surface area contributed by atoms with Crippen molar-refractivity contribution in [3.63, 3.8) is 0 Å². The predicted octanol–water partition coefficient (Wildman–Crippen LogP) is 1.71. The van der Waals surface area contributed by atoms with Crippen LogP contribution in [0.25, 0.3) is 6.08 Å². The minimum atomic E-state index is -1.25. The van der Waals surface area contributed by atoms with Crippen LogP contribution in [0.4, 0.5) is 0 Å². The predicted molar refractivity (Wildman–Crippen MR) is 65.9 cm³/mol. The molecule has 0 saturated carbocycles. The first-order valence-electron chi connectivity index (χ1n) is 5.16. The summed E-state index contributed by atoms with van der Waals surface area (Å²) in [5, 5.41) is 17.0. The molecule has 0 aliphatic rings. The Hall–Kier alpha value is -2.58. The second kappa shape index (κ2) is 7.65. The number of carboxylic acid groups (broad SMARTS) is 1. The second-order valence-corrected chi connectivity index (χ2v) is 3.22. The van der Waals surface area contributed by atoms with E-state index in [1.165, 1.54) is 0 Å². The van der Waals surface area contributed by atoms with E-state index in [4.69, 9.17) is 15.2 Å². The summed E-state index contributed by atoms with van der Waals surface area (Å²) in [5.74, 6) is -1.25. The molecule has 0 radical (unpaired) electrons. The quantitative estimate of drug-likeness (QED) is 0.344. The van der Waals surface area contributed by atoms with Gasteiger partial charge in [-0.1, -0.05) is 42.5 Å². The first-order valence-corrected chi connectivity index (χ1v) is 5.16. The highest BCUT2D eigenvalue weighted by atomic mass is 16.6. The molecule has 92 valence electrons. The van der Waals surface area contributed by atoms with Crippen LogP contribution in [0.5, 0.6) is 0 Å². The minimum absolute atomic E-state index is 0.185. The lowest BCUT2D eigenvalue weighted by Gasteiger charge is -2.03. The normalized spacial score (nSPS) is 11.2. The number of carbonyl (C=O) groups is 1. The average Bonchev–Trinajstić information content (AvgIpc) is 2.38. The first kappa shape index (κ1) is 13.5. The first-order chi connectivity index (χ1) is 8.74. The Morgan fingerprint density at radius 3 is 2.78 bits per heavy atom. The fourth-order valence-electron chi connectivity index (χ4n) is 1.12. The Balaban J connectivity index is 2.35.